The van der Waals surface area contributed by atoms with Crippen LogP contribution < -0.4 is 10.2 Å². The molecule has 0 spiro atoms. The van der Waals surface area contributed by atoms with Crippen LogP contribution in [0.1, 0.15) is 40.2 Å². The molecule has 2 amide bonds. The normalized spacial score (nSPS) is 16.6. The predicted octanol–water partition coefficient (Wildman–Crippen LogP) is 4.02. The predicted molar refractivity (Wildman–Crippen MR) is 132 cm³/mol. The fourth-order valence-corrected chi connectivity index (χ4v) is 4.81. The molecule has 2 aromatic carbocycles. The Morgan fingerprint density at radius 3 is 2.49 bits per heavy atom. The number of aromatic nitrogens is 2. The maximum absolute atomic E-state index is 14.9. The molecule has 8 heteroatoms. The maximum atomic E-state index is 14.9. The maximum Gasteiger partial charge on any atom is 0.254 e. The lowest BCUT2D eigenvalue weighted by Gasteiger charge is -2.38. The molecule has 180 valence electrons. The number of piperidine rings is 1. The van der Waals surface area contributed by atoms with Gasteiger partial charge in [0.2, 0.25) is 5.91 Å². The van der Waals surface area contributed by atoms with Gasteiger partial charge in [0.15, 0.2) is 5.82 Å². The van der Waals surface area contributed by atoms with E-state index in [0.717, 1.165) is 35.3 Å². The third-order valence-electron chi connectivity index (χ3n) is 7.01. The van der Waals surface area contributed by atoms with E-state index in [9.17, 15) is 14.0 Å². The Hall–Kier alpha value is -3.81. The van der Waals surface area contributed by atoms with E-state index in [0.29, 0.717) is 26.2 Å². The number of likely N-dealkylation sites (tertiary alicyclic amines) is 1. The van der Waals surface area contributed by atoms with E-state index in [4.69, 9.17) is 0 Å². The van der Waals surface area contributed by atoms with Crippen molar-refractivity contribution in [1.82, 2.24) is 15.1 Å². The first-order valence-corrected chi connectivity index (χ1v) is 12.0. The van der Waals surface area contributed by atoms with Gasteiger partial charge in [-0.25, -0.2) is 4.39 Å². The summed E-state index contributed by atoms with van der Waals surface area (Å²) in [5.41, 5.74) is 2.82. The molecule has 7 nitrogen and oxygen atoms in total. The number of nitrogens with one attached hydrogen (secondary N) is 1. The summed E-state index contributed by atoms with van der Waals surface area (Å²) >= 11 is 0. The molecular weight excluding hydrogens is 445 g/mol. The lowest BCUT2D eigenvalue weighted by Crippen LogP contribution is -2.52. The van der Waals surface area contributed by atoms with Gasteiger partial charge in [-0.1, -0.05) is 24.3 Å². The minimum atomic E-state index is -0.431. The summed E-state index contributed by atoms with van der Waals surface area (Å²) in [6, 6.07) is 16.3. The van der Waals surface area contributed by atoms with Crippen LogP contribution >= 0.6 is 0 Å². The van der Waals surface area contributed by atoms with Crippen LogP contribution in [0.3, 0.4) is 0 Å². The van der Waals surface area contributed by atoms with Crippen molar-refractivity contribution in [1.29, 1.82) is 0 Å². The van der Waals surface area contributed by atoms with E-state index in [1.165, 1.54) is 6.07 Å². The average molecular weight is 474 g/mol. The molecule has 2 saturated heterocycles. The highest BCUT2D eigenvalue weighted by molar-refractivity contribution is 5.96. The Bertz CT molecular complexity index is 1220. The number of halogens is 1. The summed E-state index contributed by atoms with van der Waals surface area (Å²) in [6.07, 6.45) is 3.17. The van der Waals surface area contributed by atoms with Gasteiger partial charge in [-0.15, -0.1) is 5.10 Å². The van der Waals surface area contributed by atoms with Crippen LogP contribution in [0.5, 0.6) is 0 Å². The standard InChI is InChI=1S/C27H28FN5O2/c1-18-5-2-3-6-22(18)27(35)32-13-10-19(11-14-32)20-8-9-24(23(28)15-20)30-26(34)21-16-33(17-21)25-7-4-12-29-31-25/h2-9,12,15,19,21H,10-11,13-14,16-17H2,1H3,(H,30,34). The van der Waals surface area contributed by atoms with Crippen molar-refractivity contribution in [3.63, 3.8) is 0 Å². The van der Waals surface area contributed by atoms with Crippen molar-refractivity contribution in [3.8, 4) is 0 Å². The minimum absolute atomic E-state index is 0.0552. The zero-order chi connectivity index (χ0) is 24.4. The molecule has 1 N–H and O–H groups in total. The Morgan fingerprint density at radius 1 is 1.03 bits per heavy atom. The highest BCUT2D eigenvalue weighted by Gasteiger charge is 2.34. The lowest BCUT2D eigenvalue weighted by atomic mass is 9.89. The van der Waals surface area contributed by atoms with Gasteiger partial charge in [0.05, 0.1) is 11.6 Å². The van der Waals surface area contributed by atoms with Crippen LogP contribution in [0.2, 0.25) is 0 Å². The third-order valence-corrected chi connectivity index (χ3v) is 7.01. The molecule has 2 fully saturated rings. The second-order valence-corrected chi connectivity index (χ2v) is 9.29. The van der Waals surface area contributed by atoms with Crippen molar-refractivity contribution in [2.45, 2.75) is 25.7 Å². The number of benzene rings is 2. The summed E-state index contributed by atoms with van der Waals surface area (Å²) < 4.78 is 14.9. The number of carbonyl (C=O) groups excluding carboxylic acids is 2. The van der Waals surface area contributed by atoms with E-state index in [1.54, 1.807) is 18.3 Å². The van der Waals surface area contributed by atoms with Gasteiger partial charge in [0, 0.05) is 37.9 Å². The van der Waals surface area contributed by atoms with E-state index < -0.39 is 5.82 Å². The Balaban J connectivity index is 1.15. The minimum Gasteiger partial charge on any atom is -0.353 e. The molecule has 2 aliphatic rings. The molecule has 0 unspecified atom stereocenters. The zero-order valence-corrected chi connectivity index (χ0v) is 19.7. The number of nitrogens with zero attached hydrogens (tertiary/aromatic N) is 4. The van der Waals surface area contributed by atoms with E-state index in [2.05, 4.69) is 15.5 Å². The van der Waals surface area contributed by atoms with Crippen LogP contribution in [0.4, 0.5) is 15.9 Å². The second-order valence-electron chi connectivity index (χ2n) is 9.29. The van der Waals surface area contributed by atoms with Crippen molar-refractivity contribution in [2.75, 3.05) is 36.4 Å². The summed E-state index contributed by atoms with van der Waals surface area (Å²) in [4.78, 5) is 29.3. The average Bonchev–Trinajstić information content (AvgIpc) is 2.85. The summed E-state index contributed by atoms with van der Waals surface area (Å²) in [7, 11) is 0. The van der Waals surface area contributed by atoms with Gasteiger partial charge < -0.3 is 15.1 Å². The number of aryl methyl sites for hydroxylation is 1. The number of anilines is 2. The Labute approximate surface area is 204 Å². The number of carbonyl (C=O) groups is 2. The van der Waals surface area contributed by atoms with E-state index in [-0.39, 0.29) is 29.3 Å². The topological polar surface area (TPSA) is 78.4 Å². The molecule has 0 bridgehead atoms. The van der Waals surface area contributed by atoms with Crippen molar-refractivity contribution in [2.24, 2.45) is 5.92 Å². The summed E-state index contributed by atoms with van der Waals surface area (Å²) in [6.45, 7) is 4.29. The number of hydrogen-bond donors (Lipinski definition) is 1. The second kappa shape index (κ2) is 9.82. The zero-order valence-electron chi connectivity index (χ0n) is 19.7. The Kier molecular flexibility index (Phi) is 6.44. The van der Waals surface area contributed by atoms with Crippen molar-refractivity contribution < 1.29 is 14.0 Å². The number of hydrogen-bond acceptors (Lipinski definition) is 5. The third kappa shape index (κ3) is 4.87. The fourth-order valence-electron chi connectivity index (χ4n) is 4.81. The van der Waals surface area contributed by atoms with Crippen molar-refractivity contribution >= 4 is 23.3 Å². The summed E-state index contributed by atoms with van der Waals surface area (Å²) in [5.74, 6) is 0.131. The summed E-state index contributed by atoms with van der Waals surface area (Å²) in [5, 5.41) is 10.6. The molecule has 3 aromatic rings. The van der Waals surface area contributed by atoms with Gasteiger partial charge >= 0.3 is 0 Å². The fraction of sp³-hybridized carbons (Fsp3) is 0.333. The monoisotopic (exact) mass is 473 g/mol. The number of amides is 2. The molecule has 2 aliphatic heterocycles. The van der Waals surface area contributed by atoms with Gasteiger partial charge in [-0.3, -0.25) is 9.59 Å². The van der Waals surface area contributed by atoms with Crippen LogP contribution in [-0.2, 0) is 4.79 Å². The van der Waals surface area contributed by atoms with E-state index >= 15 is 0 Å². The van der Waals surface area contributed by atoms with Crippen molar-refractivity contribution in [3.05, 3.63) is 83.3 Å². The lowest BCUT2D eigenvalue weighted by molar-refractivity contribution is -0.120. The molecule has 0 aliphatic carbocycles. The van der Waals surface area contributed by atoms with Gasteiger partial charge in [0.1, 0.15) is 5.82 Å². The molecule has 0 saturated carbocycles. The number of rotatable bonds is 5. The molecule has 5 rings (SSSR count). The van der Waals surface area contributed by atoms with Gasteiger partial charge in [0.25, 0.3) is 5.91 Å². The van der Waals surface area contributed by atoms with Gasteiger partial charge in [-0.2, -0.15) is 5.10 Å². The van der Waals surface area contributed by atoms with Crippen LogP contribution in [-0.4, -0.2) is 53.1 Å². The molecule has 0 radical (unpaired) electrons. The highest BCUT2D eigenvalue weighted by Crippen LogP contribution is 2.31. The van der Waals surface area contributed by atoms with Crippen LogP contribution in [0, 0.1) is 18.7 Å². The van der Waals surface area contributed by atoms with Crippen LogP contribution in [0.15, 0.2) is 60.8 Å². The van der Waals surface area contributed by atoms with E-state index in [1.807, 2.05) is 53.1 Å². The SMILES string of the molecule is Cc1ccccc1C(=O)N1CCC(c2ccc(NC(=O)C3CN(c4cccnn4)C3)c(F)c2)CC1. The molecule has 35 heavy (non-hydrogen) atoms. The quantitative estimate of drug-likeness (QED) is 0.606. The molecular formula is C27H28FN5O2. The van der Waals surface area contributed by atoms with Gasteiger partial charge in [-0.05, 0) is 67.1 Å². The largest absolute Gasteiger partial charge is 0.353 e. The molecule has 3 heterocycles. The smallest absolute Gasteiger partial charge is 0.254 e. The first kappa shape index (κ1) is 23.0. The first-order chi connectivity index (χ1) is 17.0. The molecule has 1 aromatic heterocycles. The molecule has 0 atom stereocenters. The Morgan fingerprint density at radius 2 is 1.80 bits per heavy atom. The van der Waals surface area contributed by atoms with Crippen LogP contribution in [0.25, 0.3) is 0 Å². The first-order valence-electron chi connectivity index (χ1n) is 12.0. The highest BCUT2D eigenvalue weighted by atomic mass is 19.1.